The van der Waals surface area contributed by atoms with E-state index >= 15 is 0 Å². The molecule has 0 aliphatic heterocycles. The first-order chi connectivity index (χ1) is 7.15. The Kier molecular flexibility index (Phi) is 3.85. The number of hydrogen-bond acceptors (Lipinski definition) is 3. The van der Waals surface area contributed by atoms with Gasteiger partial charge in [-0.05, 0) is 0 Å². The molecule has 0 amide bonds. The zero-order chi connectivity index (χ0) is 11.3. The van der Waals surface area contributed by atoms with Crippen LogP contribution in [0.1, 0.15) is 25.0 Å². The summed E-state index contributed by atoms with van der Waals surface area (Å²) >= 11 is 0. The molecule has 0 unspecified atom stereocenters. The fourth-order valence-electron chi connectivity index (χ4n) is 1.10. The normalized spacial score (nSPS) is 11.8. The molecule has 1 aromatic rings. The van der Waals surface area contributed by atoms with Crippen LogP contribution in [0.3, 0.4) is 0 Å². The molecule has 0 radical (unpaired) electrons. The number of esters is 1. The van der Waals surface area contributed by atoms with Crippen LogP contribution >= 0.6 is 0 Å². The smallest absolute Gasteiger partial charge is 0.349 e. The van der Waals surface area contributed by atoms with Crippen LogP contribution in [0.15, 0.2) is 30.3 Å². The van der Waals surface area contributed by atoms with Crippen molar-refractivity contribution >= 4 is 11.9 Å². The van der Waals surface area contributed by atoms with Gasteiger partial charge in [0.25, 0.3) is 0 Å². The molecule has 0 aromatic heterocycles. The number of carboxylic acid groups (broad SMARTS) is 1. The van der Waals surface area contributed by atoms with Crippen molar-refractivity contribution < 1.29 is 19.4 Å². The van der Waals surface area contributed by atoms with Crippen molar-refractivity contribution in [2.75, 3.05) is 0 Å². The van der Waals surface area contributed by atoms with E-state index in [1.165, 1.54) is 0 Å². The highest BCUT2D eigenvalue weighted by molar-refractivity contribution is 5.79. The van der Waals surface area contributed by atoms with Gasteiger partial charge in [-0.25, -0.2) is 4.79 Å². The number of ether oxygens (including phenoxy) is 1. The second kappa shape index (κ2) is 5.14. The van der Waals surface area contributed by atoms with E-state index in [1.54, 1.807) is 37.3 Å². The molecule has 1 N–H and O–H groups in total. The van der Waals surface area contributed by atoms with Crippen LogP contribution in [0.5, 0.6) is 0 Å². The first kappa shape index (κ1) is 11.2. The van der Waals surface area contributed by atoms with Crippen LogP contribution in [-0.4, -0.2) is 17.0 Å². The van der Waals surface area contributed by atoms with E-state index in [0.717, 1.165) is 0 Å². The maximum atomic E-state index is 11.0. The van der Waals surface area contributed by atoms with Crippen LogP contribution < -0.4 is 0 Å². The lowest BCUT2D eigenvalue weighted by Crippen LogP contribution is -2.18. The van der Waals surface area contributed by atoms with Gasteiger partial charge in [-0.2, -0.15) is 0 Å². The minimum atomic E-state index is -1.21. The summed E-state index contributed by atoms with van der Waals surface area (Å²) in [4.78, 5) is 21.9. The highest BCUT2D eigenvalue weighted by Gasteiger charge is 2.23. The highest BCUT2D eigenvalue weighted by atomic mass is 16.6. The number of aliphatic carboxylic acids is 1. The maximum Gasteiger partial charge on any atom is 0.349 e. The van der Waals surface area contributed by atoms with Crippen molar-refractivity contribution in [2.45, 2.75) is 19.4 Å². The van der Waals surface area contributed by atoms with E-state index in [4.69, 9.17) is 9.84 Å². The minimum Gasteiger partial charge on any atom is -0.478 e. The molecule has 4 heteroatoms. The van der Waals surface area contributed by atoms with Gasteiger partial charge in [0, 0.05) is 12.0 Å². The lowest BCUT2D eigenvalue weighted by molar-refractivity contribution is -0.164. The minimum absolute atomic E-state index is 0.163. The molecule has 1 aromatic carbocycles. The van der Waals surface area contributed by atoms with Gasteiger partial charge in [-0.3, -0.25) is 4.79 Å². The number of carbonyl (C=O) groups excluding carboxylic acids is 1. The Balaban J connectivity index is 2.84. The molecule has 4 nitrogen and oxygen atoms in total. The van der Waals surface area contributed by atoms with Crippen LogP contribution in [0.2, 0.25) is 0 Å². The van der Waals surface area contributed by atoms with Crippen molar-refractivity contribution in [3.63, 3.8) is 0 Å². The Morgan fingerprint density at radius 1 is 1.33 bits per heavy atom. The number of rotatable bonds is 4. The fraction of sp³-hybridized carbons (Fsp3) is 0.273. The average molecular weight is 208 g/mol. The first-order valence-corrected chi connectivity index (χ1v) is 4.62. The second-order valence-corrected chi connectivity index (χ2v) is 2.97. The Morgan fingerprint density at radius 2 is 1.93 bits per heavy atom. The molecule has 1 atom stereocenters. The van der Waals surface area contributed by atoms with Crippen molar-refractivity contribution in [2.24, 2.45) is 0 Å². The van der Waals surface area contributed by atoms with E-state index in [1.807, 2.05) is 0 Å². The molecule has 0 saturated carbocycles. The van der Waals surface area contributed by atoms with Crippen molar-refractivity contribution in [3.05, 3.63) is 35.9 Å². The van der Waals surface area contributed by atoms with Crippen molar-refractivity contribution in [1.29, 1.82) is 0 Å². The number of carbonyl (C=O) groups is 2. The van der Waals surface area contributed by atoms with Crippen LogP contribution in [-0.2, 0) is 14.3 Å². The molecular weight excluding hydrogens is 196 g/mol. The van der Waals surface area contributed by atoms with Crippen LogP contribution in [0.4, 0.5) is 0 Å². The largest absolute Gasteiger partial charge is 0.478 e. The maximum absolute atomic E-state index is 11.0. The van der Waals surface area contributed by atoms with Crippen LogP contribution in [0.25, 0.3) is 0 Å². The molecule has 0 aliphatic rings. The lowest BCUT2D eigenvalue weighted by Gasteiger charge is -2.13. The van der Waals surface area contributed by atoms with E-state index in [-0.39, 0.29) is 6.42 Å². The molecule has 15 heavy (non-hydrogen) atoms. The summed E-state index contributed by atoms with van der Waals surface area (Å²) in [5.74, 6) is -1.69. The molecule has 0 heterocycles. The fourth-order valence-corrected chi connectivity index (χ4v) is 1.10. The summed E-state index contributed by atoms with van der Waals surface area (Å²) in [6.45, 7) is 1.62. The predicted molar refractivity (Wildman–Crippen MR) is 53.2 cm³/mol. The monoisotopic (exact) mass is 208 g/mol. The zero-order valence-corrected chi connectivity index (χ0v) is 8.34. The summed E-state index contributed by atoms with van der Waals surface area (Å²) in [5, 5.41) is 8.89. The summed E-state index contributed by atoms with van der Waals surface area (Å²) in [7, 11) is 0. The third-order valence-electron chi connectivity index (χ3n) is 1.86. The van der Waals surface area contributed by atoms with Gasteiger partial charge in [0.2, 0.25) is 6.10 Å². The number of benzene rings is 1. The Morgan fingerprint density at radius 3 is 2.40 bits per heavy atom. The third-order valence-corrected chi connectivity index (χ3v) is 1.86. The lowest BCUT2D eigenvalue weighted by atomic mass is 10.1. The molecule has 0 bridgehead atoms. The molecule has 80 valence electrons. The number of carboxylic acids is 1. The summed E-state index contributed by atoms with van der Waals surface area (Å²) in [5.41, 5.74) is 0.465. The highest BCUT2D eigenvalue weighted by Crippen LogP contribution is 2.17. The quantitative estimate of drug-likeness (QED) is 0.766. The van der Waals surface area contributed by atoms with Gasteiger partial charge in [-0.1, -0.05) is 37.3 Å². The van der Waals surface area contributed by atoms with Gasteiger partial charge in [-0.15, -0.1) is 0 Å². The summed E-state index contributed by atoms with van der Waals surface area (Å²) in [6.07, 6.45) is -1.05. The van der Waals surface area contributed by atoms with Crippen molar-refractivity contribution in [1.82, 2.24) is 0 Å². The zero-order valence-electron chi connectivity index (χ0n) is 8.34. The van der Waals surface area contributed by atoms with E-state index < -0.39 is 18.0 Å². The van der Waals surface area contributed by atoms with Crippen molar-refractivity contribution in [3.8, 4) is 0 Å². The molecule has 0 spiro atoms. The van der Waals surface area contributed by atoms with Crippen LogP contribution in [0, 0.1) is 0 Å². The first-order valence-electron chi connectivity index (χ1n) is 4.62. The Bertz CT molecular complexity index is 345. The van der Waals surface area contributed by atoms with Gasteiger partial charge in [0.1, 0.15) is 0 Å². The molecule has 0 fully saturated rings. The Labute approximate surface area is 87.5 Å². The summed E-state index contributed by atoms with van der Waals surface area (Å²) < 4.78 is 4.81. The van der Waals surface area contributed by atoms with E-state index in [2.05, 4.69) is 0 Å². The third kappa shape index (κ3) is 3.09. The molecule has 0 aliphatic carbocycles. The van der Waals surface area contributed by atoms with E-state index in [0.29, 0.717) is 5.56 Å². The average Bonchev–Trinajstić information content (AvgIpc) is 2.26. The van der Waals surface area contributed by atoms with Gasteiger partial charge in [0.15, 0.2) is 0 Å². The molecule has 0 saturated heterocycles. The van der Waals surface area contributed by atoms with E-state index in [9.17, 15) is 9.59 Å². The molecule has 1 rings (SSSR count). The van der Waals surface area contributed by atoms with Gasteiger partial charge in [0.05, 0.1) is 0 Å². The topological polar surface area (TPSA) is 63.6 Å². The van der Waals surface area contributed by atoms with Gasteiger partial charge < -0.3 is 9.84 Å². The second-order valence-electron chi connectivity index (χ2n) is 2.97. The summed E-state index contributed by atoms with van der Waals surface area (Å²) in [6, 6.07) is 8.39. The van der Waals surface area contributed by atoms with Gasteiger partial charge >= 0.3 is 11.9 Å². The number of hydrogen-bond donors (Lipinski definition) is 1. The molecular formula is C11H12O4. The SMILES string of the molecule is CCC(=O)O[C@H](C(=O)O)c1ccccc1. The Hall–Kier alpha value is -1.84. The predicted octanol–water partition coefficient (Wildman–Crippen LogP) is 1.77. The standard InChI is InChI=1S/C11H12O4/c1-2-9(12)15-10(11(13)14)8-6-4-3-5-7-8/h3-7,10H,2H2,1H3,(H,13,14)/t10-/m0/s1.